The Bertz CT molecular complexity index is 1440. The lowest BCUT2D eigenvalue weighted by atomic mass is 10.1. The lowest BCUT2D eigenvalue weighted by molar-refractivity contribution is -0.140. The van der Waals surface area contributed by atoms with Crippen LogP contribution in [-0.4, -0.2) is 44.3 Å². The molecule has 0 spiro atoms. The summed E-state index contributed by atoms with van der Waals surface area (Å²) in [5.74, 6) is -0.550. The molecule has 10 heteroatoms. The van der Waals surface area contributed by atoms with Gasteiger partial charge in [-0.15, -0.1) is 0 Å². The number of nitrogens with zero attached hydrogens (tertiary/aromatic N) is 2. The summed E-state index contributed by atoms with van der Waals surface area (Å²) in [6.07, 6.45) is 2.10. The number of hydrogen-bond acceptors (Lipinski definition) is 4. The third-order valence-corrected chi connectivity index (χ3v) is 9.38. The second kappa shape index (κ2) is 11.9. The van der Waals surface area contributed by atoms with Crippen LogP contribution in [0, 0.1) is 0 Å². The smallest absolute Gasteiger partial charge is 0.265 e. The fraction of sp³-hybridized carbons (Fsp3) is 0.357. The lowest BCUT2D eigenvalue weighted by Crippen LogP contribution is -2.48. The number of rotatable bonds is 11. The van der Waals surface area contributed by atoms with Crippen molar-refractivity contribution < 1.29 is 18.0 Å². The number of unbranched alkanes of at least 4 members (excludes halogenated alkanes) is 1. The number of halogens is 2. The molecule has 4 rings (SSSR count). The van der Waals surface area contributed by atoms with Gasteiger partial charge >= 0.3 is 0 Å². The number of carbonyl (C=O) groups is 2. The third kappa shape index (κ3) is 5.63. The Morgan fingerprint density at radius 3 is 2.34 bits per heavy atom. The maximum atomic E-state index is 13.5. The number of sulfonamides is 1. The van der Waals surface area contributed by atoms with E-state index in [-0.39, 0.29) is 42.6 Å². The second-order valence-corrected chi connectivity index (χ2v) is 12.0. The molecule has 2 amide bonds. The SMILES string of the molecule is CCCCNC(=O)C(C)N(Cc1c(Cl)cccc1Cl)C(=O)CCCN1c2cccc3cccc(c23)S1(=O)=O. The van der Waals surface area contributed by atoms with E-state index in [4.69, 9.17) is 23.2 Å². The first-order valence-corrected chi connectivity index (χ1v) is 14.9. The van der Waals surface area contributed by atoms with Gasteiger partial charge in [0.25, 0.3) is 10.0 Å². The van der Waals surface area contributed by atoms with Crippen molar-refractivity contribution in [1.82, 2.24) is 10.2 Å². The van der Waals surface area contributed by atoms with Crippen LogP contribution >= 0.6 is 23.2 Å². The molecule has 1 aliphatic heterocycles. The number of benzene rings is 3. The normalized spacial score (nSPS) is 14.5. The zero-order valence-corrected chi connectivity index (χ0v) is 23.7. The van der Waals surface area contributed by atoms with Crippen molar-refractivity contribution >= 4 is 61.5 Å². The van der Waals surface area contributed by atoms with Crippen molar-refractivity contribution in [3.63, 3.8) is 0 Å². The van der Waals surface area contributed by atoms with Gasteiger partial charge in [-0.3, -0.25) is 13.9 Å². The monoisotopic (exact) mass is 575 g/mol. The molecule has 0 aromatic heterocycles. The van der Waals surface area contributed by atoms with E-state index in [0.717, 1.165) is 18.2 Å². The highest BCUT2D eigenvalue weighted by molar-refractivity contribution is 7.93. The van der Waals surface area contributed by atoms with Crippen LogP contribution in [0.25, 0.3) is 10.8 Å². The topological polar surface area (TPSA) is 86.8 Å². The molecule has 3 aromatic rings. The van der Waals surface area contributed by atoms with Gasteiger partial charge in [-0.05, 0) is 49.4 Å². The molecule has 0 fully saturated rings. The van der Waals surface area contributed by atoms with Crippen molar-refractivity contribution in [1.29, 1.82) is 0 Å². The Hall–Kier alpha value is -2.81. The predicted molar refractivity (Wildman–Crippen MR) is 152 cm³/mol. The number of amides is 2. The molecular formula is C28H31Cl2N3O4S. The number of carbonyl (C=O) groups excluding carboxylic acids is 2. The maximum absolute atomic E-state index is 13.5. The molecule has 0 bridgehead atoms. The predicted octanol–water partition coefficient (Wildman–Crippen LogP) is 5.77. The standard InChI is InChI=1S/C28H31Cl2N3O4S/c1-3-4-16-31-28(35)19(2)32(18-21-22(29)11-7-12-23(21)30)26(34)15-8-17-33-24-13-5-9-20-10-6-14-25(27(20)24)38(33,36)37/h5-7,9-14,19H,3-4,8,15-18H2,1-2H3,(H,31,35). The molecule has 38 heavy (non-hydrogen) atoms. The van der Waals surface area contributed by atoms with Crippen LogP contribution in [0.1, 0.15) is 45.1 Å². The Balaban J connectivity index is 1.51. The second-order valence-electron chi connectivity index (χ2n) is 9.35. The Morgan fingerprint density at radius 1 is 1.00 bits per heavy atom. The Labute approximate surface area is 233 Å². The molecule has 1 atom stereocenters. The van der Waals surface area contributed by atoms with Gasteiger partial charge in [-0.25, -0.2) is 8.42 Å². The first-order valence-electron chi connectivity index (χ1n) is 12.7. The summed E-state index contributed by atoms with van der Waals surface area (Å²) in [5, 5.41) is 5.25. The van der Waals surface area contributed by atoms with E-state index in [9.17, 15) is 18.0 Å². The minimum atomic E-state index is -3.71. The molecule has 0 aliphatic carbocycles. The highest BCUT2D eigenvalue weighted by Gasteiger charge is 2.35. The van der Waals surface area contributed by atoms with Gasteiger partial charge < -0.3 is 10.2 Å². The highest BCUT2D eigenvalue weighted by Crippen LogP contribution is 2.42. The van der Waals surface area contributed by atoms with Crippen LogP contribution in [0.4, 0.5) is 5.69 Å². The maximum Gasteiger partial charge on any atom is 0.265 e. The molecule has 7 nitrogen and oxygen atoms in total. The summed E-state index contributed by atoms with van der Waals surface area (Å²) in [4.78, 5) is 28.1. The summed E-state index contributed by atoms with van der Waals surface area (Å²) in [7, 11) is -3.71. The summed E-state index contributed by atoms with van der Waals surface area (Å²) in [5.41, 5.74) is 1.18. The van der Waals surface area contributed by atoms with Crippen molar-refractivity contribution in [3.8, 4) is 0 Å². The summed E-state index contributed by atoms with van der Waals surface area (Å²) >= 11 is 12.7. The van der Waals surface area contributed by atoms with E-state index >= 15 is 0 Å². The number of hydrogen-bond donors (Lipinski definition) is 1. The fourth-order valence-electron chi connectivity index (χ4n) is 4.69. The van der Waals surface area contributed by atoms with E-state index in [1.807, 2.05) is 25.1 Å². The zero-order valence-electron chi connectivity index (χ0n) is 21.4. The van der Waals surface area contributed by atoms with E-state index < -0.39 is 16.1 Å². The van der Waals surface area contributed by atoms with Crippen LogP contribution in [0.5, 0.6) is 0 Å². The van der Waals surface area contributed by atoms with Gasteiger partial charge in [0, 0.05) is 47.1 Å². The van der Waals surface area contributed by atoms with E-state index in [1.165, 1.54) is 9.21 Å². The van der Waals surface area contributed by atoms with Crippen LogP contribution in [0.2, 0.25) is 10.0 Å². The molecule has 202 valence electrons. The van der Waals surface area contributed by atoms with Crippen molar-refractivity contribution in [2.45, 2.75) is 57.0 Å². The zero-order chi connectivity index (χ0) is 27.4. The molecular weight excluding hydrogens is 545 g/mol. The third-order valence-electron chi connectivity index (χ3n) is 6.82. The van der Waals surface area contributed by atoms with Crippen LogP contribution in [0.3, 0.4) is 0 Å². The molecule has 1 unspecified atom stereocenters. The molecule has 1 heterocycles. The van der Waals surface area contributed by atoms with Crippen LogP contribution < -0.4 is 9.62 Å². The van der Waals surface area contributed by atoms with Gasteiger partial charge in [0.1, 0.15) is 6.04 Å². The number of anilines is 1. The molecule has 1 aliphatic rings. The van der Waals surface area contributed by atoms with Gasteiger partial charge in [0.05, 0.1) is 10.6 Å². The summed E-state index contributed by atoms with van der Waals surface area (Å²) < 4.78 is 27.9. The van der Waals surface area contributed by atoms with Gasteiger partial charge in [-0.2, -0.15) is 0 Å². The van der Waals surface area contributed by atoms with Gasteiger partial charge in [0.2, 0.25) is 11.8 Å². The van der Waals surface area contributed by atoms with E-state index in [2.05, 4.69) is 5.32 Å². The molecule has 0 radical (unpaired) electrons. The fourth-order valence-corrected chi connectivity index (χ4v) is 6.95. The van der Waals surface area contributed by atoms with Crippen molar-refractivity contribution in [2.24, 2.45) is 0 Å². The molecule has 1 N–H and O–H groups in total. The first kappa shape index (κ1) is 28.2. The average molecular weight is 577 g/mol. The molecule has 3 aromatic carbocycles. The van der Waals surface area contributed by atoms with Gasteiger partial charge in [-0.1, -0.05) is 66.9 Å². The largest absolute Gasteiger partial charge is 0.354 e. The first-order chi connectivity index (χ1) is 18.2. The lowest BCUT2D eigenvalue weighted by Gasteiger charge is -2.30. The average Bonchev–Trinajstić information content (AvgIpc) is 3.11. The minimum absolute atomic E-state index is 0.0486. The van der Waals surface area contributed by atoms with Gasteiger partial charge in [0.15, 0.2) is 0 Å². The minimum Gasteiger partial charge on any atom is -0.354 e. The number of nitrogens with one attached hydrogen (secondary N) is 1. The van der Waals surface area contributed by atoms with Crippen LogP contribution in [-0.2, 0) is 26.2 Å². The molecule has 0 saturated carbocycles. The van der Waals surface area contributed by atoms with Crippen molar-refractivity contribution in [2.75, 3.05) is 17.4 Å². The molecule has 0 saturated heterocycles. The van der Waals surface area contributed by atoms with Crippen molar-refractivity contribution in [3.05, 3.63) is 70.2 Å². The Kier molecular flexibility index (Phi) is 8.85. The Morgan fingerprint density at radius 2 is 1.66 bits per heavy atom. The highest BCUT2D eigenvalue weighted by atomic mass is 35.5. The van der Waals surface area contributed by atoms with E-state index in [0.29, 0.717) is 33.2 Å². The van der Waals surface area contributed by atoms with Crippen LogP contribution in [0.15, 0.2) is 59.5 Å². The quantitative estimate of drug-likeness (QED) is 0.294. The van der Waals surface area contributed by atoms with E-state index in [1.54, 1.807) is 43.3 Å². The summed E-state index contributed by atoms with van der Waals surface area (Å²) in [6, 6.07) is 15.1. The summed E-state index contributed by atoms with van der Waals surface area (Å²) in [6.45, 7) is 4.43.